The third-order valence-corrected chi connectivity index (χ3v) is 9.46. The summed E-state index contributed by atoms with van der Waals surface area (Å²) in [5.41, 5.74) is 2.47. The summed E-state index contributed by atoms with van der Waals surface area (Å²) in [4.78, 5) is 63.1. The molecule has 0 fully saturated rings. The summed E-state index contributed by atoms with van der Waals surface area (Å²) in [6.07, 6.45) is 0. The maximum atomic E-state index is 12.9. The van der Waals surface area contributed by atoms with Crippen molar-refractivity contribution in [3.05, 3.63) is 119 Å². The van der Waals surface area contributed by atoms with Crippen LogP contribution in [0.5, 0.6) is 11.5 Å². The van der Waals surface area contributed by atoms with Crippen molar-refractivity contribution in [2.75, 3.05) is 40.5 Å². The Kier molecular flexibility index (Phi) is 10.8. The number of fused-ring (bicyclic) bond motifs is 2. The van der Waals surface area contributed by atoms with Gasteiger partial charge in [-0.25, -0.2) is 9.98 Å². The van der Waals surface area contributed by atoms with E-state index in [9.17, 15) is 19.2 Å². The predicted octanol–water partition coefficient (Wildman–Crippen LogP) is 6.39. The first kappa shape index (κ1) is 34.3. The quantitative estimate of drug-likeness (QED) is 0.0789. The minimum atomic E-state index is -0.387. The van der Waals surface area contributed by atoms with Gasteiger partial charge in [-0.05, 0) is 48.5 Å². The number of aliphatic imine (C=N–C) groups is 2. The van der Waals surface area contributed by atoms with E-state index in [1.165, 1.54) is 0 Å². The van der Waals surface area contributed by atoms with Crippen molar-refractivity contribution < 1.29 is 38.1 Å². The fraction of sp³-hybridized carbons (Fsp3) is 0.167. The predicted molar refractivity (Wildman–Crippen MR) is 191 cm³/mol. The summed E-state index contributed by atoms with van der Waals surface area (Å²) in [7, 11) is 5.28. The Hall–Kier alpha value is -5.60. The molecule has 4 amide bonds. The van der Waals surface area contributed by atoms with Gasteiger partial charge in [-0.3, -0.25) is 29.0 Å². The lowest BCUT2D eigenvalue weighted by molar-refractivity contribution is 0.0615. The van der Waals surface area contributed by atoms with Crippen LogP contribution >= 0.6 is 21.6 Å². The second-order valence-corrected chi connectivity index (χ2v) is 12.7. The molecule has 12 nitrogen and oxygen atoms in total. The Bertz CT molecular complexity index is 1800. The molecule has 254 valence electrons. The molecule has 4 aromatic carbocycles. The van der Waals surface area contributed by atoms with Crippen molar-refractivity contribution in [2.45, 2.75) is 0 Å². The molecule has 0 unspecified atom stereocenters. The van der Waals surface area contributed by atoms with E-state index in [-0.39, 0.29) is 60.4 Å². The molecule has 0 saturated heterocycles. The third-order valence-electron chi connectivity index (χ3n) is 7.57. The highest BCUT2D eigenvalue weighted by Crippen LogP contribution is 2.32. The van der Waals surface area contributed by atoms with Crippen molar-refractivity contribution in [1.82, 2.24) is 9.80 Å². The zero-order valence-electron chi connectivity index (χ0n) is 26.9. The fourth-order valence-electron chi connectivity index (χ4n) is 5.13. The van der Waals surface area contributed by atoms with Gasteiger partial charge < -0.3 is 18.9 Å². The SMILES string of the molecule is COc1cccc(N=C(OCCN2C(=O)c3ccccc3C2=O)SSC(=Nc2cccc(OC)c2)OCCN2C(=O)c3ccccc3C2=O)c1. The molecule has 0 aromatic heterocycles. The molecule has 0 N–H and O–H groups in total. The summed E-state index contributed by atoms with van der Waals surface area (Å²) in [5.74, 6) is -0.371. The molecular formula is C36H30N4O8S2. The van der Waals surface area contributed by atoms with E-state index in [0.717, 1.165) is 31.4 Å². The maximum Gasteiger partial charge on any atom is 0.262 e. The molecule has 2 heterocycles. The molecule has 50 heavy (non-hydrogen) atoms. The van der Waals surface area contributed by atoms with Crippen molar-refractivity contribution in [1.29, 1.82) is 0 Å². The summed E-state index contributed by atoms with van der Waals surface area (Å²) in [6, 6.07) is 27.4. The normalized spacial score (nSPS) is 14.2. The second kappa shape index (κ2) is 15.7. The first-order valence-electron chi connectivity index (χ1n) is 15.3. The summed E-state index contributed by atoms with van der Waals surface area (Å²) < 4.78 is 22.8. The molecule has 14 heteroatoms. The number of rotatable bonds is 10. The van der Waals surface area contributed by atoms with Gasteiger partial charge in [0.15, 0.2) is 0 Å². The highest BCUT2D eigenvalue weighted by atomic mass is 33.1. The molecule has 0 atom stereocenters. The highest BCUT2D eigenvalue weighted by Gasteiger charge is 2.36. The lowest BCUT2D eigenvalue weighted by Crippen LogP contribution is -2.33. The molecule has 6 rings (SSSR count). The van der Waals surface area contributed by atoms with Gasteiger partial charge in [0, 0.05) is 33.7 Å². The van der Waals surface area contributed by atoms with E-state index >= 15 is 0 Å². The Morgan fingerprint density at radius 1 is 0.540 bits per heavy atom. The largest absolute Gasteiger partial charge is 0.497 e. The molecule has 0 spiro atoms. The van der Waals surface area contributed by atoms with Crippen LogP contribution in [0.2, 0.25) is 0 Å². The molecule has 2 aliphatic rings. The van der Waals surface area contributed by atoms with Gasteiger partial charge in [0.25, 0.3) is 34.1 Å². The van der Waals surface area contributed by atoms with Gasteiger partial charge in [0.1, 0.15) is 24.7 Å². The molecular weight excluding hydrogens is 681 g/mol. The van der Waals surface area contributed by atoms with Crippen LogP contribution in [0.4, 0.5) is 11.4 Å². The Morgan fingerprint density at radius 3 is 1.24 bits per heavy atom. The molecule has 0 aliphatic carbocycles. The zero-order valence-corrected chi connectivity index (χ0v) is 28.6. The first-order valence-corrected chi connectivity index (χ1v) is 17.5. The topological polar surface area (TPSA) is 136 Å². The van der Waals surface area contributed by atoms with Gasteiger partial charge >= 0.3 is 0 Å². The van der Waals surface area contributed by atoms with Crippen molar-refractivity contribution in [3.63, 3.8) is 0 Å². The number of methoxy groups -OCH3 is 2. The van der Waals surface area contributed by atoms with Crippen LogP contribution in [0.3, 0.4) is 0 Å². The number of ether oxygens (including phenoxy) is 4. The standard InChI is InChI=1S/C36H30N4O8S2/c1-45-25-11-7-9-23(21-25)37-35(47-19-17-39-31(41)27-13-3-4-14-28(27)32(39)42)49-50-36(38-24-10-8-12-26(22-24)46-2)48-20-18-40-33(43)29-15-5-6-16-30(29)34(40)44/h3-16,21-22H,17-20H2,1-2H3. The number of benzene rings is 4. The van der Waals surface area contributed by atoms with Crippen LogP contribution in [-0.4, -0.2) is 84.4 Å². The molecule has 0 saturated carbocycles. The van der Waals surface area contributed by atoms with E-state index in [2.05, 4.69) is 9.98 Å². The summed E-state index contributed by atoms with van der Waals surface area (Å²) in [6.45, 7) is -0.0813. The number of amides is 4. The average Bonchev–Trinajstić information content (AvgIpc) is 3.54. The highest BCUT2D eigenvalue weighted by molar-refractivity contribution is 8.87. The van der Waals surface area contributed by atoms with E-state index < -0.39 is 0 Å². The molecule has 0 radical (unpaired) electrons. The van der Waals surface area contributed by atoms with Crippen molar-refractivity contribution in [3.8, 4) is 11.5 Å². The summed E-state index contributed by atoms with van der Waals surface area (Å²) >= 11 is 0. The summed E-state index contributed by atoms with van der Waals surface area (Å²) in [5, 5.41) is 0.365. The average molecular weight is 711 g/mol. The number of carbonyl (C=O) groups is 4. The van der Waals surface area contributed by atoms with Crippen molar-refractivity contribution >= 4 is 67.1 Å². The molecule has 2 aliphatic heterocycles. The van der Waals surface area contributed by atoms with Crippen molar-refractivity contribution in [2.24, 2.45) is 9.98 Å². The number of imide groups is 2. The second-order valence-electron chi connectivity index (χ2n) is 10.6. The molecule has 4 aromatic rings. The van der Waals surface area contributed by atoms with Crippen LogP contribution in [0.15, 0.2) is 107 Å². The Morgan fingerprint density at radius 2 is 0.900 bits per heavy atom. The monoisotopic (exact) mass is 710 g/mol. The number of hydrogen-bond acceptors (Lipinski definition) is 12. The fourth-order valence-corrected chi connectivity index (χ4v) is 6.76. The van der Waals surface area contributed by atoms with Gasteiger partial charge in [-0.1, -0.05) is 36.4 Å². The Labute approximate surface area is 295 Å². The molecule has 0 bridgehead atoms. The van der Waals surface area contributed by atoms with Crippen LogP contribution in [0, 0.1) is 0 Å². The van der Waals surface area contributed by atoms with E-state index in [1.807, 2.05) is 0 Å². The van der Waals surface area contributed by atoms with Crippen LogP contribution in [0.1, 0.15) is 41.4 Å². The van der Waals surface area contributed by atoms with Gasteiger partial charge in [-0.2, -0.15) is 0 Å². The maximum absolute atomic E-state index is 12.9. The van der Waals surface area contributed by atoms with Crippen LogP contribution in [-0.2, 0) is 9.47 Å². The lowest BCUT2D eigenvalue weighted by Gasteiger charge is -2.16. The van der Waals surface area contributed by atoms with E-state index in [0.29, 0.717) is 45.1 Å². The lowest BCUT2D eigenvalue weighted by atomic mass is 10.1. The number of nitrogens with zero attached hydrogens (tertiary/aromatic N) is 4. The van der Waals surface area contributed by atoms with Crippen LogP contribution < -0.4 is 9.47 Å². The number of carbonyl (C=O) groups excluding carboxylic acids is 4. The minimum absolute atomic E-state index is 0.00373. The third kappa shape index (κ3) is 7.66. The van der Waals surface area contributed by atoms with Crippen LogP contribution in [0.25, 0.3) is 0 Å². The minimum Gasteiger partial charge on any atom is -0.497 e. The van der Waals surface area contributed by atoms with E-state index in [1.54, 1.807) is 111 Å². The van der Waals surface area contributed by atoms with E-state index in [4.69, 9.17) is 18.9 Å². The van der Waals surface area contributed by atoms with Gasteiger partial charge in [0.2, 0.25) is 0 Å². The first-order chi connectivity index (χ1) is 24.4. The van der Waals surface area contributed by atoms with Gasteiger partial charge in [0.05, 0.1) is 60.9 Å². The smallest absolute Gasteiger partial charge is 0.262 e. The zero-order chi connectivity index (χ0) is 35.0. The number of hydrogen-bond donors (Lipinski definition) is 0. The Balaban J connectivity index is 1.18. The van der Waals surface area contributed by atoms with Gasteiger partial charge in [-0.15, -0.1) is 0 Å².